The first-order chi connectivity index (χ1) is 9.08. The highest BCUT2D eigenvalue weighted by Gasteiger charge is 2.43. The molecule has 0 spiro atoms. The van der Waals surface area contributed by atoms with E-state index in [0.29, 0.717) is 19.3 Å². The second kappa shape index (κ2) is 7.75. The van der Waals surface area contributed by atoms with Gasteiger partial charge >= 0.3 is 6.18 Å². The molecule has 0 saturated heterocycles. The SMILES string of the molecule is C#CCCCCC(Cl)(CC#N)S(=O)(=O)CCC(F)(F)F. The van der Waals surface area contributed by atoms with Crippen LogP contribution < -0.4 is 0 Å². The molecule has 20 heavy (non-hydrogen) atoms. The van der Waals surface area contributed by atoms with Gasteiger partial charge in [-0.25, -0.2) is 8.42 Å². The van der Waals surface area contributed by atoms with Crippen molar-refractivity contribution in [3.05, 3.63) is 0 Å². The van der Waals surface area contributed by atoms with Gasteiger partial charge in [-0.2, -0.15) is 18.4 Å². The molecule has 0 heterocycles. The molecule has 0 aromatic heterocycles. The molecule has 0 aliphatic rings. The van der Waals surface area contributed by atoms with E-state index >= 15 is 0 Å². The molecule has 0 aromatic carbocycles. The van der Waals surface area contributed by atoms with Crippen molar-refractivity contribution in [3.8, 4) is 18.4 Å². The predicted octanol–water partition coefficient (Wildman–Crippen LogP) is 3.40. The minimum Gasteiger partial charge on any atom is -0.227 e. The van der Waals surface area contributed by atoms with Gasteiger partial charge in [0, 0.05) is 6.42 Å². The number of halogens is 4. The van der Waals surface area contributed by atoms with Crippen molar-refractivity contribution in [2.24, 2.45) is 0 Å². The molecule has 0 amide bonds. The molecule has 114 valence electrons. The van der Waals surface area contributed by atoms with Crippen LogP contribution in [0.15, 0.2) is 0 Å². The zero-order chi connectivity index (χ0) is 15.9. The van der Waals surface area contributed by atoms with Crippen molar-refractivity contribution in [3.63, 3.8) is 0 Å². The summed E-state index contributed by atoms with van der Waals surface area (Å²) in [5, 5.41) is 8.64. The van der Waals surface area contributed by atoms with Crippen molar-refractivity contribution < 1.29 is 21.6 Å². The minimum atomic E-state index is -4.58. The van der Waals surface area contributed by atoms with Crippen molar-refractivity contribution in [2.75, 3.05) is 5.75 Å². The van der Waals surface area contributed by atoms with Crippen LogP contribution in [0, 0.1) is 23.7 Å². The zero-order valence-corrected chi connectivity index (χ0v) is 12.3. The Morgan fingerprint density at radius 2 is 1.80 bits per heavy atom. The van der Waals surface area contributed by atoms with Crippen LogP contribution in [-0.4, -0.2) is 24.6 Å². The number of hydrogen-bond donors (Lipinski definition) is 0. The summed E-state index contributed by atoms with van der Waals surface area (Å²) in [6, 6.07) is 1.62. The van der Waals surface area contributed by atoms with E-state index in [1.54, 1.807) is 6.07 Å². The van der Waals surface area contributed by atoms with Crippen molar-refractivity contribution >= 4 is 21.4 Å². The maximum absolute atomic E-state index is 12.1. The largest absolute Gasteiger partial charge is 0.390 e. The molecule has 3 nitrogen and oxygen atoms in total. The first kappa shape index (κ1) is 19.1. The number of unbranched alkanes of at least 4 members (excludes halogenated alkanes) is 2. The Morgan fingerprint density at radius 3 is 2.25 bits per heavy atom. The number of sulfone groups is 1. The van der Waals surface area contributed by atoms with Gasteiger partial charge in [0.25, 0.3) is 0 Å². The van der Waals surface area contributed by atoms with Crippen LogP contribution in [0.4, 0.5) is 13.2 Å². The molecule has 1 unspecified atom stereocenters. The Morgan fingerprint density at radius 1 is 1.20 bits per heavy atom. The average molecular weight is 330 g/mol. The lowest BCUT2D eigenvalue weighted by Crippen LogP contribution is -2.35. The molecular formula is C12H15ClF3NO2S. The van der Waals surface area contributed by atoms with Crippen LogP contribution in [0.1, 0.15) is 38.5 Å². The molecule has 8 heteroatoms. The van der Waals surface area contributed by atoms with Gasteiger partial charge in [0.2, 0.25) is 0 Å². The summed E-state index contributed by atoms with van der Waals surface area (Å²) in [6.45, 7) is 0. The topological polar surface area (TPSA) is 57.9 Å². The van der Waals surface area contributed by atoms with Crippen molar-refractivity contribution in [1.82, 2.24) is 0 Å². The number of rotatable bonds is 8. The third kappa shape index (κ3) is 6.49. The summed E-state index contributed by atoms with van der Waals surface area (Å²) in [5.74, 6) is 1.25. The quantitative estimate of drug-likeness (QED) is 0.389. The molecule has 0 N–H and O–H groups in total. The monoisotopic (exact) mass is 329 g/mol. The maximum atomic E-state index is 12.1. The number of alkyl halides is 4. The summed E-state index contributed by atoms with van der Waals surface area (Å²) >= 11 is 5.91. The highest BCUT2D eigenvalue weighted by atomic mass is 35.5. The van der Waals surface area contributed by atoms with Gasteiger partial charge in [-0.15, -0.1) is 23.9 Å². The molecule has 0 saturated carbocycles. The van der Waals surface area contributed by atoms with E-state index in [9.17, 15) is 21.6 Å². The third-order valence-electron chi connectivity index (χ3n) is 2.68. The Labute approximate surface area is 122 Å². The molecule has 0 aromatic rings. The lowest BCUT2D eigenvalue weighted by atomic mass is 10.1. The van der Waals surface area contributed by atoms with E-state index < -0.39 is 38.8 Å². The fourth-order valence-electron chi connectivity index (χ4n) is 1.52. The van der Waals surface area contributed by atoms with Gasteiger partial charge in [-0.3, -0.25) is 0 Å². The molecule has 0 aliphatic carbocycles. The Hall–Kier alpha value is -0.920. The van der Waals surface area contributed by atoms with Crippen molar-refractivity contribution in [2.45, 2.75) is 48.9 Å². The summed E-state index contributed by atoms with van der Waals surface area (Å²) in [4.78, 5) is 0. The summed E-state index contributed by atoms with van der Waals surface area (Å²) in [5.41, 5.74) is 0. The van der Waals surface area contributed by atoms with Gasteiger partial charge in [0.15, 0.2) is 14.0 Å². The highest BCUT2D eigenvalue weighted by Crippen LogP contribution is 2.35. The Balaban J connectivity index is 4.86. The maximum Gasteiger partial charge on any atom is 0.390 e. The van der Waals surface area contributed by atoms with E-state index in [2.05, 4.69) is 5.92 Å². The first-order valence-electron chi connectivity index (χ1n) is 5.86. The molecule has 0 rings (SSSR count). The second-order valence-corrected chi connectivity index (χ2v) is 7.68. The smallest absolute Gasteiger partial charge is 0.227 e. The van der Waals surface area contributed by atoms with Crippen LogP contribution in [0.25, 0.3) is 0 Å². The molecular weight excluding hydrogens is 315 g/mol. The fourth-order valence-corrected chi connectivity index (χ4v) is 3.55. The summed E-state index contributed by atoms with van der Waals surface area (Å²) in [7, 11) is -4.23. The molecule has 1 atom stereocenters. The lowest BCUT2D eigenvalue weighted by molar-refractivity contribution is -0.129. The van der Waals surface area contributed by atoms with Gasteiger partial charge < -0.3 is 0 Å². The average Bonchev–Trinajstić information content (AvgIpc) is 2.32. The van der Waals surface area contributed by atoms with Crippen molar-refractivity contribution in [1.29, 1.82) is 5.26 Å². The van der Waals surface area contributed by atoms with Crippen LogP contribution >= 0.6 is 11.6 Å². The predicted molar refractivity (Wildman–Crippen MR) is 70.6 cm³/mol. The van der Waals surface area contributed by atoms with E-state index in [4.69, 9.17) is 23.3 Å². The van der Waals surface area contributed by atoms with Gasteiger partial charge in [0.05, 0.1) is 24.7 Å². The minimum absolute atomic E-state index is 0.0933. The molecule has 0 aliphatic heterocycles. The van der Waals surface area contributed by atoms with Gasteiger partial charge in [-0.05, 0) is 19.3 Å². The summed E-state index contributed by atoms with van der Waals surface area (Å²) in [6.07, 6.45) is -0.401. The Kier molecular flexibility index (Phi) is 7.40. The third-order valence-corrected chi connectivity index (χ3v) is 5.91. The van der Waals surface area contributed by atoms with Gasteiger partial charge in [-0.1, -0.05) is 0 Å². The van der Waals surface area contributed by atoms with Crippen LogP contribution in [0.2, 0.25) is 0 Å². The normalized spacial score (nSPS) is 15.1. The molecule has 0 radical (unpaired) electrons. The van der Waals surface area contributed by atoms with Crippen LogP contribution in [0.3, 0.4) is 0 Å². The molecule has 0 fully saturated rings. The second-order valence-electron chi connectivity index (χ2n) is 4.31. The van der Waals surface area contributed by atoms with E-state index in [-0.39, 0.29) is 6.42 Å². The number of terminal acetylenes is 1. The van der Waals surface area contributed by atoms with E-state index in [1.807, 2.05) is 0 Å². The molecule has 0 bridgehead atoms. The summed E-state index contributed by atoms with van der Waals surface area (Å²) < 4.78 is 58.2. The number of hydrogen-bond acceptors (Lipinski definition) is 3. The highest BCUT2D eigenvalue weighted by molar-refractivity contribution is 7.94. The van der Waals surface area contributed by atoms with E-state index in [0.717, 1.165) is 0 Å². The van der Waals surface area contributed by atoms with Crippen LogP contribution in [-0.2, 0) is 9.84 Å². The van der Waals surface area contributed by atoms with Crippen LogP contribution in [0.5, 0.6) is 0 Å². The van der Waals surface area contributed by atoms with Gasteiger partial charge in [0.1, 0.15) is 0 Å². The standard InChI is InChI=1S/C12H15ClF3NO2S/c1-2-3-4-5-6-11(13,7-9-17)20(18,19)10-8-12(14,15)16/h1H,3-8,10H2. The first-order valence-corrected chi connectivity index (χ1v) is 7.89. The number of nitriles is 1. The Bertz CT molecular complexity index is 490. The lowest BCUT2D eigenvalue weighted by Gasteiger charge is -2.24. The number of nitrogens with zero attached hydrogens (tertiary/aromatic N) is 1. The van der Waals surface area contributed by atoms with E-state index in [1.165, 1.54) is 0 Å². The zero-order valence-electron chi connectivity index (χ0n) is 10.7. The fraction of sp³-hybridized carbons (Fsp3) is 0.750.